The summed E-state index contributed by atoms with van der Waals surface area (Å²) in [6.07, 6.45) is 3.26. The second-order valence-corrected chi connectivity index (χ2v) is 71.3. The van der Waals surface area contributed by atoms with Gasteiger partial charge in [-0.15, -0.1) is 87.3 Å². The van der Waals surface area contributed by atoms with Crippen LogP contribution in [0.3, 0.4) is 0 Å². The molecule has 38 N–H and O–H groups in total. The first-order valence-electron chi connectivity index (χ1n) is 16.8. The summed E-state index contributed by atoms with van der Waals surface area (Å²) in [5, 5.41) is 103. The molecule has 59 nitrogen and oxygen atoms in total. The molecule has 0 unspecified atom stereocenters. The summed E-state index contributed by atoms with van der Waals surface area (Å²) in [4.78, 5) is 110. The molecule has 117 heavy (non-hydrogen) atoms. The van der Waals surface area contributed by atoms with Crippen LogP contribution in [0.15, 0.2) is 102 Å². The molecular weight excluding hydrogens is 4050 g/mol. The van der Waals surface area contributed by atoms with Gasteiger partial charge in [-0.05, 0) is 0 Å². The number of nitrogens with one attached hydrogen (secondary N) is 3. The quantitative estimate of drug-likeness (QED) is 0.0367. The Kier molecular flexibility index (Phi) is 706. The van der Waals surface area contributed by atoms with Crippen LogP contribution in [0, 0.1) is 127 Å². The molecule has 0 fully saturated rings. The van der Waals surface area contributed by atoms with Gasteiger partial charge in [-0.1, -0.05) is 38.8 Å². The molecule has 0 amide bonds. The molecule has 2 rings (SSSR count). The number of hydrogen-bond donors (Lipinski definition) is 7. The Hall–Kier alpha value is 3.96. The van der Waals surface area contributed by atoms with Crippen LogP contribution in [-0.2, 0) is 170 Å². The van der Waals surface area contributed by atoms with E-state index >= 15 is 0 Å². The maximum atomic E-state index is 10.7. The number of halogens is 25. The van der Waals surface area contributed by atoms with E-state index in [1.165, 1.54) is 11.8 Å². The van der Waals surface area contributed by atoms with Crippen LogP contribution in [0.2, 0.25) is 0 Å². The molecule has 0 aliphatic heterocycles. The maximum absolute atomic E-state index is 10.7. The molecule has 0 heterocycles. The topological polar surface area (TPSA) is 1280 Å². The summed E-state index contributed by atoms with van der Waals surface area (Å²) in [5.41, 5.74) is 23.3. The van der Waals surface area contributed by atoms with Gasteiger partial charge in [-0.2, -0.15) is 33.5 Å². The van der Waals surface area contributed by atoms with E-state index in [2.05, 4.69) is 78.7 Å². The summed E-state index contributed by atoms with van der Waals surface area (Å²) in [7, 11) is 97.6. The van der Waals surface area contributed by atoms with Crippen molar-refractivity contribution in [3.63, 3.8) is 0 Å². The average molecular weight is 4120 g/mol. The van der Waals surface area contributed by atoms with Crippen molar-refractivity contribution in [2.75, 3.05) is 6.54 Å². The van der Waals surface area contributed by atoms with Crippen molar-refractivity contribution >= 4 is 250 Å². The molecule has 96 heteroatoms. The molecule has 0 saturated heterocycles. The number of rotatable bonds is 2. The normalized spacial score (nSPS) is 6.84. The van der Waals surface area contributed by atoms with E-state index in [0.717, 1.165) is 72.0 Å². The van der Waals surface area contributed by atoms with Gasteiger partial charge in [0.25, 0.3) is 5.09 Å². The van der Waals surface area contributed by atoms with Crippen molar-refractivity contribution in [3.8, 4) is 0 Å². The number of phosphoric acid groups is 1. The Morgan fingerprint density at radius 3 is 0.547 bits per heavy atom. The van der Waals surface area contributed by atoms with Crippen LogP contribution in [-0.4, -0.2) is 54.2 Å². The zero-order valence-corrected chi connectivity index (χ0v) is 97.1. The summed E-state index contributed by atoms with van der Waals surface area (Å²) < 4.78 is 61.8. The van der Waals surface area contributed by atoms with Gasteiger partial charge >= 0.3 is 400 Å². The summed E-state index contributed by atoms with van der Waals surface area (Å²) in [6, 6.07) is 14.5. The van der Waals surface area contributed by atoms with Gasteiger partial charge in [-0.3, -0.25) is 20.5 Å². The Morgan fingerprint density at radius 1 is 0.462 bits per heavy atom. The molecule has 0 atom stereocenters. The maximum Gasteiger partial charge on any atom is -0.693 e. The number of nitrogens with two attached hydrogens (primary N) is 14. The zero-order chi connectivity index (χ0) is 89.9. The minimum Gasteiger partial charge on any atom is -0.693 e. The Bertz CT molecular complexity index is 1710. The predicted molar refractivity (Wildman–Crippen MR) is 451 cm³/mol. The van der Waals surface area contributed by atoms with Crippen molar-refractivity contribution in [1.29, 1.82) is 0 Å². The molecule has 0 spiro atoms. The minimum atomic E-state index is -4.67. The first kappa shape index (κ1) is 259. The SMILES string of the molecule is CCC[NH-].O=NO.O=N[O-].O=N[O-].O=N[O-].O=N[O-].O=N[O-].O=N[O-].O=N[O-].O=N[O-].O=N[O-].O=P(O)(O)O.O=S(=O)(O)O.O=[N+]([O-])O.[CH2-]CCC.[CH2-]c1ccccc1[NH-].[CH2-]c1ccccc1[NH-].[Cl][Pt+2][Cl].[Cl][Pt+2][Cl].[Cl][Pt+2][Cl].[Cl][Pt+2][Cl].[Cl][Pt+2][Cl].[Cl][Pt]([Cl])[Br].[Cl][Pt]([Cl])[Cl].[Cl][Pt]([Cl])[Cl].[F][Pt]([Cl])[Cl].[F][Pt]([Cl])[Cl].[NH2-].[NH2-].[NH2-].[NH2-].[NH2-].[NH2-].[NH2-].[NH2-].[NH2-].[NH2-].[NH2-].[NH2-].[NH2-].[NH2-]. The van der Waals surface area contributed by atoms with E-state index in [1.807, 2.05) is 43.3 Å². The largest absolute Gasteiger partial charge is 0.693 e. The van der Waals surface area contributed by atoms with Crippen LogP contribution in [0.1, 0.15) is 44.2 Å². The van der Waals surface area contributed by atoms with Crippen molar-refractivity contribution in [2.24, 2.45) is 53.4 Å². The van der Waals surface area contributed by atoms with Crippen molar-refractivity contribution in [3.05, 3.63) is 290 Å². The summed E-state index contributed by atoms with van der Waals surface area (Å²) in [6.45, 7) is 15.5. The molecule has 2 aromatic rings. The number of unbranched alkanes of at least 4 members (excludes halogenated alkanes) is 1. The van der Waals surface area contributed by atoms with E-state index in [0.29, 0.717) is 17.9 Å². The molecule has 0 aromatic heterocycles. The first-order valence-corrected chi connectivity index (χ1v) is 88.4. The second kappa shape index (κ2) is 319. The van der Waals surface area contributed by atoms with Gasteiger partial charge in [0.15, 0.2) is 5.34 Å². The molecule has 0 bridgehead atoms. The van der Waals surface area contributed by atoms with E-state index in [1.54, 1.807) is 12.1 Å². The van der Waals surface area contributed by atoms with Gasteiger partial charge in [0, 0.05) is 0 Å². The smallest absolute Gasteiger partial charge is 0.693 e. The van der Waals surface area contributed by atoms with Gasteiger partial charge < -0.3 is 226 Å². The molecule has 0 aliphatic rings. The zero-order valence-electron chi connectivity index (χ0n) is 54.5. The third-order valence-electron chi connectivity index (χ3n) is 2.64. The number of benzene rings is 2. The van der Waals surface area contributed by atoms with Gasteiger partial charge in [0.2, 0.25) is 0 Å². The van der Waals surface area contributed by atoms with E-state index in [9.17, 15) is 6.32 Å². The third kappa shape index (κ3) is 2130. The van der Waals surface area contributed by atoms with E-state index in [4.69, 9.17) is 340 Å². The standard InChI is InChI=1S/2C7H7N.C4H9.C3H8N.BrH.22ClH.2FH.HNO3.10HNO2.14H2N.H3O4P.H2O4S.10Pt/c2*1-6-4-2-3-5-7(6)8;1-3-4-2;1-2-3-4;;;;;;;;;;;;;;;;;;;;;;;;;;2-1(3)4;10*2-1-3;;;;;;;;;;;;;;;2*1-5(2,3)4;;;;;;;;;;/h2*2-5,8H,1H2;1,3-4H2,2H3;4H,2-3H2,1H3;25*1H;(H,2,3,4);10*(H,2,3);14*1H2;(H3,1,2,3,4);(H2,1,2,3,4);;;;;;;;;;/q2*-2;2*-1;;;;;;;;;;;;;;;;;;;;;;;;;;;;;;;;;;;;;14*-1;;;5*+3;5*+4/p-34. The Balaban J connectivity index is -0.0000000146. The molecular formula is C21H66BrCl22F2N28O31PPt10S-19. The fourth-order valence-corrected chi connectivity index (χ4v) is 1.04. The Morgan fingerprint density at radius 2 is 0.521 bits per heavy atom. The molecule has 781 valence electrons. The summed E-state index contributed by atoms with van der Waals surface area (Å²) in [5.74, 6) is 0. The van der Waals surface area contributed by atoms with Crippen LogP contribution < -0.4 is 0 Å². The monoisotopic (exact) mass is 4110 g/mol. The van der Waals surface area contributed by atoms with Gasteiger partial charge in [0.1, 0.15) is 0 Å². The number of nitrogens with zero attached hydrogens (tertiary/aromatic N) is 11. The van der Waals surface area contributed by atoms with E-state index < -0.39 is 179 Å². The van der Waals surface area contributed by atoms with Crippen molar-refractivity contribution < 1.29 is 214 Å². The van der Waals surface area contributed by atoms with E-state index in [-0.39, 0.29) is 86.1 Å². The second-order valence-electron chi connectivity index (χ2n) is 7.77. The first-order chi connectivity index (χ1) is 47.0. The molecule has 2 aromatic carbocycles. The molecule has 0 aliphatic carbocycles. The van der Waals surface area contributed by atoms with Gasteiger partial charge in [-0.25, -0.2) is 29.5 Å². The Labute approximate surface area is 834 Å². The number of hydrogen-bond acceptors (Lipinski definition) is 34. The molecule has 0 radical (unpaired) electrons. The van der Waals surface area contributed by atoms with Crippen LogP contribution >= 0.6 is 228 Å². The van der Waals surface area contributed by atoms with Crippen molar-refractivity contribution in [1.82, 2.24) is 0 Å². The fraction of sp³-hybridized carbons (Fsp3) is 0.286. The minimum absolute atomic E-state index is 0. The van der Waals surface area contributed by atoms with Crippen LogP contribution in [0.5, 0.6) is 0 Å². The average Bonchev–Trinajstić information content (AvgIpc) is 0.955. The van der Waals surface area contributed by atoms with Crippen molar-refractivity contribution in [2.45, 2.75) is 33.1 Å². The van der Waals surface area contributed by atoms with Crippen LogP contribution in [0.25, 0.3) is 103 Å². The third-order valence-corrected chi connectivity index (χ3v) is 2.64. The summed E-state index contributed by atoms with van der Waals surface area (Å²) >= 11 is -10.3. The molecule has 0 saturated carbocycles. The van der Waals surface area contributed by atoms with Gasteiger partial charge in [0.05, 0.1) is 0 Å². The van der Waals surface area contributed by atoms with Crippen LogP contribution in [0.4, 0.5) is 17.7 Å². The fourth-order valence-electron chi connectivity index (χ4n) is 1.04. The predicted octanol–water partition coefficient (Wildman–Crippen LogP) is 35.5.